The van der Waals surface area contributed by atoms with E-state index in [1.54, 1.807) is 0 Å². The van der Waals surface area contributed by atoms with Gasteiger partial charge in [-0.2, -0.15) is 0 Å². The van der Waals surface area contributed by atoms with Crippen molar-refractivity contribution in [2.75, 3.05) is 13.2 Å². The van der Waals surface area contributed by atoms with E-state index >= 15 is 0 Å². The minimum atomic E-state index is -0.773. The zero-order valence-electron chi connectivity index (χ0n) is 9.56. The molecule has 0 amide bonds. The fourth-order valence-corrected chi connectivity index (χ4v) is 1.81. The Labute approximate surface area is 93.9 Å². The normalized spacial score (nSPS) is 29.8. The SMILES string of the molecule is Cc1nonc1CNCC1(O)CCOC1C. The summed E-state index contributed by atoms with van der Waals surface area (Å²) in [5.41, 5.74) is 0.774. The van der Waals surface area contributed by atoms with E-state index in [1.807, 2.05) is 13.8 Å². The summed E-state index contributed by atoms with van der Waals surface area (Å²) in [5.74, 6) is 0. The number of aryl methyl sites for hydroxylation is 1. The van der Waals surface area contributed by atoms with Crippen LogP contribution in [-0.4, -0.2) is 40.3 Å². The molecule has 0 saturated carbocycles. The second-order valence-electron chi connectivity index (χ2n) is 4.27. The molecule has 0 spiro atoms. The number of nitrogens with one attached hydrogen (secondary N) is 1. The lowest BCUT2D eigenvalue weighted by Crippen LogP contribution is -2.45. The highest BCUT2D eigenvalue weighted by Gasteiger charge is 2.39. The number of ether oxygens (including phenoxy) is 1. The van der Waals surface area contributed by atoms with E-state index < -0.39 is 5.60 Å². The first-order valence-corrected chi connectivity index (χ1v) is 5.44. The maximum atomic E-state index is 10.2. The smallest absolute Gasteiger partial charge is 0.121 e. The number of hydrogen-bond donors (Lipinski definition) is 2. The van der Waals surface area contributed by atoms with Gasteiger partial charge in [-0.3, -0.25) is 0 Å². The van der Waals surface area contributed by atoms with Gasteiger partial charge >= 0.3 is 0 Å². The van der Waals surface area contributed by atoms with Crippen molar-refractivity contribution in [3.05, 3.63) is 11.4 Å². The fourth-order valence-electron chi connectivity index (χ4n) is 1.81. The van der Waals surface area contributed by atoms with Gasteiger partial charge in [0, 0.05) is 26.1 Å². The molecule has 0 bridgehead atoms. The van der Waals surface area contributed by atoms with Gasteiger partial charge in [-0.1, -0.05) is 10.3 Å². The van der Waals surface area contributed by atoms with Crippen LogP contribution >= 0.6 is 0 Å². The van der Waals surface area contributed by atoms with E-state index in [2.05, 4.69) is 20.3 Å². The number of aliphatic hydroxyl groups is 1. The second kappa shape index (κ2) is 4.48. The molecule has 0 aliphatic carbocycles. The monoisotopic (exact) mass is 227 g/mol. The number of hydrogen-bond acceptors (Lipinski definition) is 6. The first-order valence-electron chi connectivity index (χ1n) is 5.44. The van der Waals surface area contributed by atoms with Crippen molar-refractivity contribution in [1.82, 2.24) is 15.6 Å². The van der Waals surface area contributed by atoms with E-state index in [-0.39, 0.29) is 6.10 Å². The molecule has 2 unspecified atom stereocenters. The first kappa shape index (κ1) is 11.5. The molecule has 1 aliphatic rings. The maximum Gasteiger partial charge on any atom is 0.121 e. The van der Waals surface area contributed by atoms with Crippen LogP contribution in [-0.2, 0) is 11.3 Å². The van der Waals surface area contributed by atoms with Gasteiger partial charge in [-0.15, -0.1) is 0 Å². The van der Waals surface area contributed by atoms with E-state index in [0.29, 0.717) is 26.1 Å². The lowest BCUT2D eigenvalue weighted by Gasteiger charge is -2.26. The van der Waals surface area contributed by atoms with Crippen molar-refractivity contribution in [2.24, 2.45) is 0 Å². The Morgan fingerprint density at radius 2 is 2.38 bits per heavy atom. The molecule has 1 fully saturated rings. The third kappa shape index (κ3) is 2.23. The van der Waals surface area contributed by atoms with Gasteiger partial charge in [0.15, 0.2) is 0 Å². The van der Waals surface area contributed by atoms with Gasteiger partial charge in [0.2, 0.25) is 0 Å². The van der Waals surface area contributed by atoms with Crippen LogP contribution in [0.15, 0.2) is 4.63 Å². The molecule has 6 nitrogen and oxygen atoms in total. The molecule has 90 valence electrons. The molecule has 6 heteroatoms. The average Bonchev–Trinajstić information content (AvgIpc) is 2.77. The Morgan fingerprint density at radius 1 is 1.56 bits per heavy atom. The third-order valence-electron chi connectivity index (χ3n) is 3.13. The van der Waals surface area contributed by atoms with Crippen LogP contribution in [0.1, 0.15) is 24.7 Å². The standard InChI is InChI=1S/C10H17N3O3/c1-7-9(13-16-12-7)5-11-6-10(14)3-4-15-8(10)2/h8,11,14H,3-6H2,1-2H3. The van der Waals surface area contributed by atoms with Gasteiger partial charge in [0.25, 0.3) is 0 Å². The predicted molar refractivity (Wildman–Crippen MR) is 55.7 cm³/mol. The van der Waals surface area contributed by atoms with E-state index in [4.69, 9.17) is 4.74 Å². The summed E-state index contributed by atoms with van der Waals surface area (Å²) in [6.45, 7) is 5.37. The predicted octanol–water partition coefficient (Wildman–Crippen LogP) is 0.00752. The summed E-state index contributed by atoms with van der Waals surface area (Å²) < 4.78 is 9.93. The summed E-state index contributed by atoms with van der Waals surface area (Å²) in [4.78, 5) is 0. The molecule has 16 heavy (non-hydrogen) atoms. The quantitative estimate of drug-likeness (QED) is 0.754. The minimum Gasteiger partial charge on any atom is -0.386 e. The topological polar surface area (TPSA) is 80.4 Å². The minimum absolute atomic E-state index is 0.128. The summed E-state index contributed by atoms with van der Waals surface area (Å²) in [5, 5.41) is 20.8. The maximum absolute atomic E-state index is 10.2. The highest BCUT2D eigenvalue weighted by molar-refractivity contribution is 5.04. The van der Waals surface area contributed by atoms with Crippen LogP contribution in [0.25, 0.3) is 0 Å². The molecule has 1 aromatic rings. The Kier molecular flexibility index (Phi) is 3.22. The molecule has 1 aromatic heterocycles. The zero-order chi connectivity index (χ0) is 11.6. The van der Waals surface area contributed by atoms with Gasteiger partial charge in [-0.25, -0.2) is 4.63 Å². The zero-order valence-corrected chi connectivity index (χ0v) is 9.56. The van der Waals surface area contributed by atoms with Crippen LogP contribution in [0.3, 0.4) is 0 Å². The van der Waals surface area contributed by atoms with Crippen molar-refractivity contribution in [3.8, 4) is 0 Å². The Bertz CT molecular complexity index is 355. The van der Waals surface area contributed by atoms with Crippen LogP contribution in [0, 0.1) is 6.92 Å². The van der Waals surface area contributed by atoms with E-state index in [0.717, 1.165) is 11.4 Å². The molecule has 2 heterocycles. The molecule has 2 N–H and O–H groups in total. The van der Waals surface area contributed by atoms with Crippen molar-refractivity contribution in [3.63, 3.8) is 0 Å². The molecule has 1 aliphatic heterocycles. The van der Waals surface area contributed by atoms with Gasteiger partial charge in [0.05, 0.1) is 6.10 Å². The average molecular weight is 227 g/mol. The Morgan fingerprint density at radius 3 is 2.94 bits per heavy atom. The molecular weight excluding hydrogens is 210 g/mol. The highest BCUT2D eigenvalue weighted by atomic mass is 16.6. The van der Waals surface area contributed by atoms with Crippen LogP contribution < -0.4 is 5.32 Å². The van der Waals surface area contributed by atoms with Crippen LogP contribution in [0.5, 0.6) is 0 Å². The lowest BCUT2D eigenvalue weighted by molar-refractivity contribution is -0.0263. The second-order valence-corrected chi connectivity index (χ2v) is 4.27. The number of aromatic nitrogens is 2. The Hall–Kier alpha value is -0.980. The summed E-state index contributed by atoms with van der Waals surface area (Å²) in [7, 11) is 0. The van der Waals surface area contributed by atoms with Crippen molar-refractivity contribution >= 4 is 0 Å². The molecule has 2 atom stereocenters. The van der Waals surface area contributed by atoms with E-state index in [1.165, 1.54) is 0 Å². The molecule has 2 rings (SSSR count). The third-order valence-corrected chi connectivity index (χ3v) is 3.13. The summed E-state index contributed by atoms with van der Waals surface area (Å²) in [6.07, 6.45) is 0.536. The molecular formula is C10H17N3O3. The molecule has 1 saturated heterocycles. The lowest BCUT2D eigenvalue weighted by atomic mass is 9.97. The summed E-state index contributed by atoms with van der Waals surface area (Å²) in [6, 6.07) is 0. The highest BCUT2D eigenvalue weighted by Crippen LogP contribution is 2.24. The van der Waals surface area contributed by atoms with Gasteiger partial charge < -0.3 is 15.2 Å². The molecule has 0 aromatic carbocycles. The summed E-state index contributed by atoms with van der Waals surface area (Å²) >= 11 is 0. The number of rotatable bonds is 4. The van der Waals surface area contributed by atoms with Crippen molar-refractivity contribution < 1.29 is 14.5 Å². The van der Waals surface area contributed by atoms with E-state index in [9.17, 15) is 5.11 Å². The Balaban J connectivity index is 1.82. The van der Waals surface area contributed by atoms with Crippen molar-refractivity contribution in [2.45, 2.75) is 38.5 Å². The largest absolute Gasteiger partial charge is 0.386 e. The molecule has 0 radical (unpaired) electrons. The van der Waals surface area contributed by atoms with Crippen LogP contribution in [0.2, 0.25) is 0 Å². The van der Waals surface area contributed by atoms with Crippen LogP contribution in [0.4, 0.5) is 0 Å². The van der Waals surface area contributed by atoms with Gasteiger partial charge in [-0.05, 0) is 13.8 Å². The number of nitrogens with zero attached hydrogens (tertiary/aromatic N) is 2. The van der Waals surface area contributed by atoms with Crippen molar-refractivity contribution in [1.29, 1.82) is 0 Å². The first-order chi connectivity index (χ1) is 7.62. The van der Waals surface area contributed by atoms with Gasteiger partial charge in [0.1, 0.15) is 17.0 Å². The fraction of sp³-hybridized carbons (Fsp3) is 0.800.